The van der Waals surface area contributed by atoms with Gasteiger partial charge in [0.15, 0.2) is 0 Å². The Labute approximate surface area is 78.5 Å². The molecule has 12 heavy (non-hydrogen) atoms. The molecule has 0 heterocycles. The van der Waals surface area contributed by atoms with Crippen LogP contribution in [0.25, 0.3) is 0 Å². The predicted octanol–water partition coefficient (Wildman–Crippen LogP) is 0.635. The summed E-state index contributed by atoms with van der Waals surface area (Å²) in [5.74, 6) is -1.03. The highest BCUT2D eigenvalue weighted by Crippen LogP contribution is 2.06. The van der Waals surface area contributed by atoms with Crippen molar-refractivity contribution in [1.82, 2.24) is 0 Å². The molecule has 0 saturated carbocycles. The van der Waals surface area contributed by atoms with Crippen molar-refractivity contribution in [3.8, 4) is 0 Å². The summed E-state index contributed by atoms with van der Waals surface area (Å²) in [6.07, 6.45) is 0. The number of rotatable bonds is 3. The van der Waals surface area contributed by atoms with E-state index in [0.717, 1.165) is 0 Å². The van der Waals surface area contributed by atoms with Crippen LogP contribution in [0.3, 0.4) is 0 Å². The van der Waals surface area contributed by atoms with Crippen LogP contribution in [0.5, 0.6) is 0 Å². The SMILES string of the molecule is CC(C)(C)OC[C@@H](N)C(=O)O.Cl. The third kappa shape index (κ3) is 7.78. The number of carboxylic acids is 1. The highest BCUT2D eigenvalue weighted by Gasteiger charge is 2.16. The monoisotopic (exact) mass is 197 g/mol. The minimum absolute atomic E-state index is 0. The smallest absolute Gasteiger partial charge is 0.322 e. The van der Waals surface area contributed by atoms with Crippen molar-refractivity contribution < 1.29 is 14.6 Å². The molecule has 0 radical (unpaired) electrons. The van der Waals surface area contributed by atoms with Gasteiger partial charge in [0.05, 0.1) is 12.2 Å². The Balaban J connectivity index is 0. The topological polar surface area (TPSA) is 72.5 Å². The van der Waals surface area contributed by atoms with Gasteiger partial charge in [0.25, 0.3) is 0 Å². The van der Waals surface area contributed by atoms with E-state index in [1.807, 2.05) is 20.8 Å². The number of carbonyl (C=O) groups is 1. The number of hydrogen-bond acceptors (Lipinski definition) is 3. The van der Waals surface area contributed by atoms with E-state index >= 15 is 0 Å². The molecule has 0 aliphatic carbocycles. The Kier molecular flexibility index (Phi) is 6.34. The molecule has 0 bridgehead atoms. The summed E-state index contributed by atoms with van der Waals surface area (Å²) in [6, 6.07) is -0.922. The summed E-state index contributed by atoms with van der Waals surface area (Å²) >= 11 is 0. The minimum atomic E-state index is -1.03. The molecule has 0 aromatic carbocycles. The second kappa shape index (κ2) is 5.35. The summed E-state index contributed by atoms with van der Waals surface area (Å²) < 4.78 is 5.15. The second-order valence-corrected chi connectivity index (χ2v) is 3.37. The zero-order chi connectivity index (χ0) is 9.07. The van der Waals surface area contributed by atoms with Crippen molar-refractivity contribution in [3.05, 3.63) is 0 Å². The average Bonchev–Trinajstić information content (AvgIpc) is 1.80. The normalized spacial score (nSPS) is 13.3. The lowest BCUT2D eigenvalue weighted by Crippen LogP contribution is -2.37. The number of halogens is 1. The van der Waals surface area contributed by atoms with Crippen LogP contribution in [0, 0.1) is 0 Å². The molecular weight excluding hydrogens is 182 g/mol. The standard InChI is InChI=1S/C7H15NO3.ClH/c1-7(2,3)11-4-5(8)6(9)10;/h5H,4,8H2,1-3H3,(H,9,10);1H/t5-;/m1./s1. The van der Waals surface area contributed by atoms with Gasteiger partial charge in [-0.05, 0) is 20.8 Å². The molecule has 0 rings (SSSR count). The molecule has 0 fully saturated rings. The van der Waals surface area contributed by atoms with Gasteiger partial charge in [-0.3, -0.25) is 4.79 Å². The largest absolute Gasteiger partial charge is 0.480 e. The van der Waals surface area contributed by atoms with Crippen LogP contribution in [0.1, 0.15) is 20.8 Å². The molecule has 0 amide bonds. The van der Waals surface area contributed by atoms with E-state index in [-0.39, 0.29) is 24.6 Å². The van der Waals surface area contributed by atoms with Gasteiger partial charge in [-0.2, -0.15) is 0 Å². The van der Waals surface area contributed by atoms with Gasteiger partial charge < -0.3 is 15.6 Å². The van der Waals surface area contributed by atoms with E-state index in [1.54, 1.807) is 0 Å². The van der Waals surface area contributed by atoms with Gasteiger partial charge in [0.1, 0.15) is 6.04 Å². The third-order valence-corrected chi connectivity index (χ3v) is 1.01. The van der Waals surface area contributed by atoms with Crippen LogP contribution >= 0.6 is 12.4 Å². The maximum Gasteiger partial charge on any atom is 0.322 e. The Morgan fingerprint density at radius 2 is 2.00 bits per heavy atom. The minimum Gasteiger partial charge on any atom is -0.480 e. The number of hydrogen-bond donors (Lipinski definition) is 2. The van der Waals surface area contributed by atoms with Gasteiger partial charge in [-0.25, -0.2) is 0 Å². The lowest BCUT2D eigenvalue weighted by atomic mass is 10.2. The summed E-state index contributed by atoms with van der Waals surface area (Å²) in [5.41, 5.74) is 4.87. The van der Waals surface area contributed by atoms with Crippen molar-refractivity contribution in [3.63, 3.8) is 0 Å². The van der Waals surface area contributed by atoms with Gasteiger partial charge in [-0.1, -0.05) is 0 Å². The second-order valence-electron chi connectivity index (χ2n) is 3.37. The first-order chi connectivity index (χ1) is 4.83. The van der Waals surface area contributed by atoms with Gasteiger partial charge in [0, 0.05) is 0 Å². The molecule has 0 unspecified atom stereocenters. The molecular formula is C7H16ClNO3. The van der Waals surface area contributed by atoms with Crippen molar-refractivity contribution >= 4 is 18.4 Å². The van der Waals surface area contributed by atoms with E-state index in [9.17, 15) is 4.79 Å². The molecule has 74 valence electrons. The zero-order valence-corrected chi connectivity index (χ0v) is 8.35. The predicted molar refractivity (Wildman–Crippen MR) is 48.6 cm³/mol. The fourth-order valence-electron chi connectivity index (χ4n) is 0.411. The summed E-state index contributed by atoms with van der Waals surface area (Å²) in [4.78, 5) is 10.2. The summed E-state index contributed by atoms with van der Waals surface area (Å²) in [6.45, 7) is 5.60. The van der Waals surface area contributed by atoms with E-state index in [2.05, 4.69) is 0 Å². The lowest BCUT2D eigenvalue weighted by Gasteiger charge is -2.20. The quantitative estimate of drug-likeness (QED) is 0.697. The van der Waals surface area contributed by atoms with E-state index in [4.69, 9.17) is 15.6 Å². The first kappa shape index (κ1) is 14.2. The molecule has 1 atom stereocenters. The molecule has 0 saturated heterocycles. The maximum absolute atomic E-state index is 10.2. The third-order valence-electron chi connectivity index (χ3n) is 1.01. The Bertz CT molecular complexity index is 144. The van der Waals surface area contributed by atoms with E-state index < -0.39 is 12.0 Å². The Morgan fingerprint density at radius 1 is 1.58 bits per heavy atom. The zero-order valence-electron chi connectivity index (χ0n) is 7.53. The molecule has 5 heteroatoms. The van der Waals surface area contributed by atoms with Crippen molar-refractivity contribution in [2.24, 2.45) is 5.73 Å². The summed E-state index contributed by atoms with van der Waals surface area (Å²) in [5, 5.41) is 8.37. The molecule has 0 aromatic rings. The molecule has 4 nitrogen and oxygen atoms in total. The average molecular weight is 198 g/mol. The van der Waals surface area contributed by atoms with Crippen LogP contribution in [0.2, 0.25) is 0 Å². The van der Waals surface area contributed by atoms with Crippen molar-refractivity contribution in [2.45, 2.75) is 32.4 Å². The first-order valence-corrected chi connectivity index (χ1v) is 3.45. The molecule has 3 N–H and O–H groups in total. The van der Waals surface area contributed by atoms with Crippen LogP contribution in [-0.2, 0) is 9.53 Å². The number of aliphatic carboxylic acids is 1. The number of ether oxygens (including phenoxy) is 1. The van der Waals surface area contributed by atoms with Crippen LogP contribution in [0.4, 0.5) is 0 Å². The number of nitrogens with two attached hydrogens (primary N) is 1. The fourth-order valence-corrected chi connectivity index (χ4v) is 0.411. The fraction of sp³-hybridized carbons (Fsp3) is 0.857. The van der Waals surface area contributed by atoms with Crippen LogP contribution < -0.4 is 5.73 Å². The maximum atomic E-state index is 10.2. The van der Waals surface area contributed by atoms with Crippen molar-refractivity contribution in [1.29, 1.82) is 0 Å². The van der Waals surface area contributed by atoms with Gasteiger partial charge >= 0.3 is 5.97 Å². The van der Waals surface area contributed by atoms with E-state index in [1.165, 1.54) is 0 Å². The first-order valence-electron chi connectivity index (χ1n) is 3.45. The molecule has 0 aromatic heterocycles. The Morgan fingerprint density at radius 3 is 2.25 bits per heavy atom. The Hall–Kier alpha value is -0.320. The highest BCUT2D eigenvalue weighted by molar-refractivity contribution is 5.85. The lowest BCUT2D eigenvalue weighted by molar-refractivity contribution is -0.141. The molecule has 0 aliphatic rings. The van der Waals surface area contributed by atoms with Crippen molar-refractivity contribution in [2.75, 3.05) is 6.61 Å². The van der Waals surface area contributed by atoms with Gasteiger partial charge in [-0.15, -0.1) is 12.4 Å². The van der Waals surface area contributed by atoms with E-state index in [0.29, 0.717) is 0 Å². The van der Waals surface area contributed by atoms with Crippen LogP contribution in [-0.4, -0.2) is 29.3 Å². The summed E-state index contributed by atoms with van der Waals surface area (Å²) in [7, 11) is 0. The van der Waals surface area contributed by atoms with Crippen LogP contribution in [0.15, 0.2) is 0 Å². The highest BCUT2D eigenvalue weighted by atomic mass is 35.5. The molecule has 0 aliphatic heterocycles. The van der Waals surface area contributed by atoms with Gasteiger partial charge in [0.2, 0.25) is 0 Å². The number of carboxylic acid groups (broad SMARTS) is 1. The molecule has 0 spiro atoms.